The number of anilines is 1. The van der Waals surface area contributed by atoms with E-state index >= 15 is 0 Å². The molecule has 0 amide bonds. The summed E-state index contributed by atoms with van der Waals surface area (Å²) in [6.07, 6.45) is 1.38. The van der Waals surface area contributed by atoms with Crippen LogP contribution in [-0.4, -0.2) is 20.3 Å². The standard InChI is InChI=1S/C15H17N5O2/c1-3-14-18-13(20-21-14)9-16-12-6-4-11(5-7-12)8-15-17-10(2)19-22-15/h4-7,16H,3,8-9H2,1-2H3. The Kier molecular flexibility index (Phi) is 4.13. The molecule has 2 aromatic heterocycles. The van der Waals surface area contributed by atoms with Crippen LogP contribution < -0.4 is 5.32 Å². The van der Waals surface area contributed by atoms with E-state index in [9.17, 15) is 0 Å². The largest absolute Gasteiger partial charge is 0.378 e. The molecule has 0 unspecified atom stereocenters. The van der Waals surface area contributed by atoms with Gasteiger partial charge in [0, 0.05) is 12.1 Å². The molecule has 114 valence electrons. The lowest BCUT2D eigenvalue weighted by Crippen LogP contribution is -2.01. The van der Waals surface area contributed by atoms with Gasteiger partial charge in [-0.3, -0.25) is 0 Å². The second kappa shape index (κ2) is 6.38. The number of hydrogen-bond acceptors (Lipinski definition) is 7. The molecule has 0 aliphatic rings. The highest BCUT2D eigenvalue weighted by molar-refractivity contribution is 5.44. The fraction of sp³-hybridized carbons (Fsp3) is 0.333. The van der Waals surface area contributed by atoms with E-state index in [-0.39, 0.29) is 0 Å². The highest BCUT2D eigenvalue weighted by Gasteiger charge is 2.06. The van der Waals surface area contributed by atoms with Gasteiger partial charge in [-0.1, -0.05) is 29.4 Å². The molecule has 22 heavy (non-hydrogen) atoms. The van der Waals surface area contributed by atoms with Gasteiger partial charge >= 0.3 is 0 Å². The summed E-state index contributed by atoms with van der Waals surface area (Å²) in [5, 5.41) is 10.9. The third-order valence-electron chi connectivity index (χ3n) is 3.14. The molecule has 0 saturated carbocycles. The molecule has 0 radical (unpaired) electrons. The molecule has 7 nitrogen and oxygen atoms in total. The predicted molar refractivity (Wildman–Crippen MR) is 79.3 cm³/mol. The highest BCUT2D eigenvalue weighted by Crippen LogP contribution is 2.13. The van der Waals surface area contributed by atoms with E-state index in [2.05, 4.69) is 25.6 Å². The van der Waals surface area contributed by atoms with Gasteiger partial charge in [0.05, 0.1) is 13.0 Å². The quantitative estimate of drug-likeness (QED) is 0.748. The van der Waals surface area contributed by atoms with E-state index in [1.165, 1.54) is 0 Å². The van der Waals surface area contributed by atoms with Crippen LogP contribution in [0.3, 0.4) is 0 Å². The minimum Gasteiger partial charge on any atom is -0.378 e. The number of hydrogen-bond donors (Lipinski definition) is 1. The van der Waals surface area contributed by atoms with Crippen molar-refractivity contribution in [3.63, 3.8) is 0 Å². The Morgan fingerprint density at radius 2 is 1.77 bits per heavy atom. The lowest BCUT2D eigenvalue weighted by Gasteiger charge is -2.04. The molecule has 1 N–H and O–H groups in total. The van der Waals surface area contributed by atoms with E-state index in [4.69, 9.17) is 9.05 Å². The van der Waals surface area contributed by atoms with Crippen LogP contribution in [-0.2, 0) is 19.4 Å². The molecule has 0 aliphatic carbocycles. The maximum atomic E-state index is 5.11. The van der Waals surface area contributed by atoms with Crippen molar-refractivity contribution in [2.24, 2.45) is 0 Å². The van der Waals surface area contributed by atoms with E-state index < -0.39 is 0 Å². The number of rotatable bonds is 6. The van der Waals surface area contributed by atoms with Gasteiger partial charge in [-0.2, -0.15) is 9.97 Å². The minimum atomic E-state index is 0.533. The first-order valence-electron chi connectivity index (χ1n) is 7.16. The first-order valence-corrected chi connectivity index (χ1v) is 7.16. The molecular weight excluding hydrogens is 282 g/mol. The topological polar surface area (TPSA) is 89.9 Å². The van der Waals surface area contributed by atoms with Crippen molar-refractivity contribution in [3.8, 4) is 0 Å². The molecule has 0 fully saturated rings. The van der Waals surface area contributed by atoms with Crippen LogP contribution in [0.5, 0.6) is 0 Å². The summed E-state index contributed by atoms with van der Waals surface area (Å²) in [6.45, 7) is 4.32. The van der Waals surface area contributed by atoms with Gasteiger partial charge in [0.1, 0.15) is 0 Å². The molecule has 0 saturated heterocycles. The summed E-state index contributed by atoms with van der Waals surface area (Å²) in [5.74, 6) is 2.58. The summed E-state index contributed by atoms with van der Waals surface area (Å²) < 4.78 is 10.2. The predicted octanol–water partition coefficient (Wildman–Crippen LogP) is 2.53. The summed E-state index contributed by atoms with van der Waals surface area (Å²) in [4.78, 5) is 8.45. The molecule has 0 atom stereocenters. The van der Waals surface area contributed by atoms with E-state index in [0.717, 1.165) is 17.7 Å². The maximum Gasteiger partial charge on any atom is 0.231 e. The van der Waals surface area contributed by atoms with Crippen molar-refractivity contribution in [2.75, 3.05) is 5.32 Å². The van der Waals surface area contributed by atoms with Crippen LogP contribution in [0.1, 0.15) is 35.9 Å². The van der Waals surface area contributed by atoms with E-state index in [0.29, 0.717) is 36.4 Å². The monoisotopic (exact) mass is 299 g/mol. The van der Waals surface area contributed by atoms with Gasteiger partial charge in [-0.25, -0.2) is 0 Å². The Bertz CT molecular complexity index is 732. The molecule has 0 bridgehead atoms. The summed E-state index contributed by atoms with van der Waals surface area (Å²) in [6, 6.07) is 8.05. The number of benzene rings is 1. The molecule has 7 heteroatoms. The van der Waals surface area contributed by atoms with Gasteiger partial charge < -0.3 is 14.4 Å². The highest BCUT2D eigenvalue weighted by atomic mass is 16.5. The number of aromatic nitrogens is 4. The molecule has 0 spiro atoms. The zero-order valence-electron chi connectivity index (χ0n) is 12.5. The van der Waals surface area contributed by atoms with Crippen molar-refractivity contribution in [1.82, 2.24) is 20.3 Å². The maximum absolute atomic E-state index is 5.11. The van der Waals surface area contributed by atoms with Crippen molar-refractivity contribution in [1.29, 1.82) is 0 Å². The van der Waals surface area contributed by atoms with Crippen LogP contribution in [0, 0.1) is 6.92 Å². The first kappa shape index (κ1) is 14.2. The molecule has 0 aliphatic heterocycles. The molecule has 2 heterocycles. The SMILES string of the molecule is CCc1nc(CNc2ccc(Cc3nc(C)no3)cc2)no1. The zero-order valence-corrected chi connectivity index (χ0v) is 12.5. The van der Waals surface area contributed by atoms with E-state index in [1.54, 1.807) is 0 Å². The summed E-state index contributed by atoms with van der Waals surface area (Å²) in [7, 11) is 0. The first-order chi connectivity index (χ1) is 10.7. The van der Waals surface area contributed by atoms with Crippen molar-refractivity contribution < 1.29 is 9.05 Å². The average molecular weight is 299 g/mol. The zero-order chi connectivity index (χ0) is 15.4. The average Bonchev–Trinajstić information content (AvgIpc) is 3.15. The van der Waals surface area contributed by atoms with Crippen LogP contribution in [0.15, 0.2) is 33.3 Å². The Balaban J connectivity index is 1.56. The Hall–Kier alpha value is -2.70. The van der Waals surface area contributed by atoms with Crippen LogP contribution >= 0.6 is 0 Å². The minimum absolute atomic E-state index is 0.533. The molecular formula is C15H17N5O2. The lowest BCUT2D eigenvalue weighted by atomic mass is 10.1. The lowest BCUT2D eigenvalue weighted by molar-refractivity contribution is 0.377. The Labute approximate surface area is 127 Å². The summed E-state index contributed by atoms with van der Waals surface area (Å²) in [5.41, 5.74) is 2.11. The normalized spacial score (nSPS) is 10.8. The van der Waals surface area contributed by atoms with Gasteiger partial charge in [0.2, 0.25) is 11.8 Å². The second-order valence-electron chi connectivity index (χ2n) is 4.92. The van der Waals surface area contributed by atoms with Gasteiger partial charge in [0.15, 0.2) is 11.6 Å². The Morgan fingerprint density at radius 1 is 1.00 bits per heavy atom. The second-order valence-corrected chi connectivity index (χ2v) is 4.92. The van der Waals surface area contributed by atoms with Gasteiger partial charge in [-0.15, -0.1) is 0 Å². The summed E-state index contributed by atoms with van der Waals surface area (Å²) >= 11 is 0. The molecule has 3 aromatic rings. The van der Waals surface area contributed by atoms with Gasteiger partial charge in [-0.05, 0) is 24.6 Å². The van der Waals surface area contributed by atoms with E-state index in [1.807, 2.05) is 38.1 Å². The van der Waals surface area contributed by atoms with Crippen LogP contribution in [0.4, 0.5) is 5.69 Å². The fourth-order valence-corrected chi connectivity index (χ4v) is 2.01. The Morgan fingerprint density at radius 3 is 2.41 bits per heavy atom. The molecule has 1 aromatic carbocycles. The van der Waals surface area contributed by atoms with Gasteiger partial charge in [0.25, 0.3) is 0 Å². The smallest absolute Gasteiger partial charge is 0.231 e. The number of aryl methyl sites for hydroxylation is 2. The van der Waals surface area contributed by atoms with Crippen LogP contribution in [0.25, 0.3) is 0 Å². The third kappa shape index (κ3) is 3.49. The number of nitrogens with one attached hydrogen (secondary N) is 1. The van der Waals surface area contributed by atoms with Crippen molar-refractivity contribution >= 4 is 5.69 Å². The van der Waals surface area contributed by atoms with Crippen molar-refractivity contribution in [2.45, 2.75) is 33.2 Å². The third-order valence-corrected chi connectivity index (χ3v) is 3.14. The van der Waals surface area contributed by atoms with Crippen molar-refractivity contribution in [3.05, 3.63) is 53.3 Å². The van der Waals surface area contributed by atoms with Crippen LogP contribution in [0.2, 0.25) is 0 Å². The number of nitrogens with zero attached hydrogens (tertiary/aromatic N) is 4. The molecule has 3 rings (SSSR count). The fourth-order valence-electron chi connectivity index (χ4n) is 2.01.